The molecule has 0 spiro atoms. The van der Waals surface area contributed by atoms with Crippen LogP contribution in [0.25, 0.3) is 0 Å². The maximum Gasteiger partial charge on any atom is 0.322 e. The van der Waals surface area contributed by atoms with Crippen molar-refractivity contribution in [3.05, 3.63) is 17.2 Å². The molecule has 1 aromatic rings. The minimum absolute atomic E-state index is 0.216. The number of carboxylic acid groups (broad SMARTS) is 1. The van der Waals surface area contributed by atoms with Crippen molar-refractivity contribution in [3.63, 3.8) is 0 Å². The number of amides is 1. The van der Waals surface area contributed by atoms with Gasteiger partial charge in [-0.15, -0.1) is 0 Å². The van der Waals surface area contributed by atoms with Crippen LogP contribution < -0.4 is 5.32 Å². The first-order valence-electron chi connectivity index (χ1n) is 4.46. The average molecular weight is 225 g/mol. The number of carbonyl (C=O) groups excluding carboxylic acids is 1. The molecule has 0 bridgehead atoms. The summed E-state index contributed by atoms with van der Waals surface area (Å²) in [6.45, 7) is 2.57. The van der Waals surface area contributed by atoms with Crippen molar-refractivity contribution < 1.29 is 19.8 Å². The molecule has 0 aliphatic heterocycles. The normalized spacial score (nSPS) is 9.88. The molecular weight excluding hydrogens is 214 g/mol. The predicted octanol–water partition coefficient (Wildman–Crippen LogP) is -0.387. The van der Waals surface area contributed by atoms with Crippen LogP contribution in [-0.4, -0.2) is 38.6 Å². The van der Waals surface area contributed by atoms with Crippen molar-refractivity contribution in [1.82, 2.24) is 15.3 Å². The van der Waals surface area contributed by atoms with Gasteiger partial charge < -0.3 is 15.5 Å². The Bertz CT molecular complexity index is 445. The largest absolute Gasteiger partial charge is 0.504 e. The molecule has 16 heavy (non-hydrogen) atoms. The Balaban J connectivity index is 2.95. The minimum atomic E-state index is -1.17. The summed E-state index contributed by atoms with van der Waals surface area (Å²) in [5.41, 5.74) is 0.0548. The molecule has 0 radical (unpaired) electrons. The van der Waals surface area contributed by atoms with E-state index in [1.165, 1.54) is 6.92 Å². The lowest BCUT2D eigenvalue weighted by Gasteiger charge is -2.06. The molecule has 7 heteroatoms. The first kappa shape index (κ1) is 11.9. The molecule has 0 unspecified atom stereocenters. The second kappa shape index (κ2) is 4.56. The number of aryl methyl sites for hydroxylation is 2. The highest BCUT2D eigenvalue weighted by atomic mass is 16.4. The van der Waals surface area contributed by atoms with E-state index in [1.54, 1.807) is 6.92 Å². The standard InChI is InChI=1S/C9H11N3O4/c1-4-8(15)7(12-5(2)11-4)9(16)10-3-6(13)14/h15H,3H2,1-2H3,(H,10,16)(H,13,14). The van der Waals surface area contributed by atoms with Gasteiger partial charge in [0.2, 0.25) is 0 Å². The van der Waals surface area contributed by atoms with Crippen molar-refractivity contribution in [3.8, 4) is 5.75 Å². The summed E-state index contributed by atoms with van der Waals surface area (Å²) in [6.07, 6.45) is 0. The summed E-state index contributed by atoms with van der Waals surface area (Å²) >= 11 is 0. The van der Waals surface area contributed by atoms with Crippen LogP contribution in [0.5, 0.6) is 5.75 Å². The van der Waals surface area contributed by atoms with Crippen LogP contribution >= 0.6 is 0 Å². The molecule has 0 fully saturated rings. The topological polar surface area (TPSA) is 112 Å². The molecule has 0 saturated heterocycles. The Morgan fingerprint density at radius 3 is 2.50 bits per heavy atom. The lowest BCUT2D eigenvalue weighted by molar-refractivity contribution is -0.135. The molecule has 0 aromatic carbocycles. The van der Waals surface area contributed by atoms with Gasteiger partial charge in [0.15, 0.2) is 11.4 Å². The quantitative estimate of drug-likeness (QED) is 0.646. The number of rotatable bonds is 3. The molecule has 1 heterocycles. The van der Waals surface area contributed by atoms with Gasteiger partial charge in [-0.1, -0.05) is 0 Å². The molecule has 0 aliphatic rings. The van der Waals surface area contributed by atoms with Crippen molar-refractivity contribution in [2.75, 3.05) is 6.54 Å². The SMILES string of the molecule is Cc1nc(C)c(O)c(C(=O)NCC(=O)O)n1. The Morgan fingerprint density at radius 2 is 1.94 bits per heavy atom. The molecule has 0 atom stereocenters. The molecule has 7 nitrogen and oxygen atoms in total. The van der Waals surface area contributed by atoms with Crippen LogP contribution in [0.4, 0.5) is 0 Å². The van der Waals surface area contributed by atoms with Gasteiger partial charge in [0, 0.05) is 0 Å². The van der Waals surface area contributed by atoms with E-state index in [1.807, 2.05) is 0 Å². The van der Waals surface area contributed by atoms with E-state index in [0.717, 1.165) is 0 Å². The number of carboxylic acids is 1. The molecule has 1 aromatic heterocycles. The van der Waals surface area contributed by atoms with Crippen LogP contribution in [0.3, 0.4) is 0 Å². The van der Waals surface area contributed by atoms with Crippen LogP contribution in [0.2, 0.25) is 0 Å². The number of aliphatic carboxylic acids is 1. The van der Waals surface area contributed by atoms with Crippen LogP contribution in [-0.2, 0) is 4.79 Å². The maximum absolute atomic E-state index is 11.4. The molecule has 1 rings (SSSR count). The predicted molar refractivity (Wildman–Crippen MR) is 53.1 cm³/mol. The Morgan fingerprint density at radius 1 is 1.31 bits per heavy atom. The summed E-state index contributed by atoms with van der Waals surface area (Å²) in [5.74, 6) is -1.92. The molecule has 86 valence electrons. The van der Waals surface area contributed by atoms with E-state index in [9.17, 15) is 14.7 Å². The van der Waals surface area contributed by atoms with Gasteiger partial charge in [0.25, 0.3) is 5.91 Å². The molecule has 3 N–H and O–H groups in total. The fourth-order valence-electron chi connectivity index (χ4n) is 1.10. The third kappa shape index (κ3) is 2.66. The minimum Gasteiger partial charge on any atom is -0.504 e. The number of carbonyl (C=O) groups is 2. The van der Waals surface area contributed by atoms with E-state index in [4.69, 9.17) is 5.11 Å². The highest BCUT2D eigenvalue weighted by Gasteiger charge is 2.16. The fourth-order valence-corrected chi connectivity index (χ4v) is 1.10. The third-order valence-electron chi connectivity index (χ3n) is 1.79. The number of aromatic nitrogens is 2. The fraction of sp³-hybridized carbons (Fsp3) is 0.333. The average Bonchev–Trinajstić information content (AvgIpc) is 2.19. The van der Waals surface area contributed by atoms with Crippen LogP contribution in [0.15, 0.2) is 0 Å². The second-order valence-electron chi connectivity index (χ2n) is 3.13. The summed E-state index contributed by atoms with van der Waals surface area (Å²) < 4.78 is 0. The van der Waals surface area contributed by atoms with Crippen molar-refractivity contribution in [2.45, 2.75) is 13.8 Å². The van der Waals surface area contributed by atoms with Gasteiger partial charge in [-0.2, -0.15) is 0 Å². The smallest absolute Gasteiger partial charge is 0.322 e. The van der Waals surface area contributed by atoms with E-state index < -0.39 is 18.4 Å². The van der Waals surface area contributed by atoms with Gasteiger partial charge in [-0.3, -0.25) is 9.59 Å². The highest BCUT2D eigenvalue weighted by Crippen LogP contribution is 2.17. The summed E-state index contributed by atoms with van der Waals surface area (Å²) in [5, 5.41) is 20.0. The summed E-state index contributed by atoms with van der Waals surface area (Å²) in [7, 11) is 0. The van der Waals surface area contributed by atoms with Gasteiger partial charge in [-0.05, 0) is 13.8 Å². The first-order valence-corrected chi connectivity index (χ1v) is 4.46. The Labute approximate surface area is 91.2 Å². The van der Waals surface area contributed by atoms with E-state index in [0.29, 0.717) is 5.82 Å². The van der Waals surface area contributed by atoms with Crippen LogP contribution in [0, 0.1) is 13.8 Å². The monoisotopic (exact) mass is 225 g/mol. The third-order valence-corrected chi connectivity index (χ3v) is 1.79. The van der Waals surface area contributed by atoms with E-state index in [2.05, 4.69) is 15.3 Å². The highest BCUT2D eigenvalue weighted by molar-refractivity contribution is 5.96. The lowest BCUT2D eigenvalue weighted by Crippen LogP contribution is -2.30. The number of hydrogen-bond donors (Lipinski definition) is 3. The lowest BCUT2D eigenvalue weighted by atomic mass is 10.2. The summed E-state index contributed by atoms with van der Waals surface area (Å²) in [6, 6.07) is 0. The molecule has 1 amide bonds. The number of aromatic hydroxyl groups is 1. The molecular formula is C9H11N3O4. The Hall–Kier alpha value is -2.18. The summed E-state index contributed by atoms with van der Waals surface area (Å²) in [4.78, 5) is 29.3. The zero-order valence-corrected chi connectivity index (χ0v) is 8.81. The van der Waals surface area contributed by atoms with Crippen molar-refractivity contribution in [1.29, 1.82) is 0 Å². The van der Waals surface area contributed by atoms with E-state index >= 15 is 0 Å². The van der Waals surface area contributed by atoms with Gasteiger partial charge in [-0.25, -0.2) is 9.97 Å². The van der Waals surface area contributed by atoms with Crippen molar-refractivity contribution >= 4 is 11.9 Å². The zero-order chi connectivity index (χ0) is 12.3. The number of hydrogen-bond acceptors (Lipinski definition) is 5. The second-order valence-corrected chi connectivity index (χ2v) is 3.13. The Kier molecular flexibility index (Phi) is 3.39. The molecule has 0 aliphatic carbocycles. The van der Waals surface area contributed by atoms with E-state index in [-0.39, 0.29) is 17.1 Å². The van der Waals surface area contributed by atoms with Crippen molar-refractivity contribution in [2.24, 2.45) is 0 Å². The number of nitrogens with one attached hydrogen (secondary N) is 1. The maximum atomic E-state index is 11.4. The van der Waals surface area contributed by atoms with Crippen LogP contribution in [0.1, 0.15) is 22.0 Å². The first-order chi connectivity index (χ1) is 7.41. The van der Waals surface area contributed by atoms with Gasteiger partial charge >= 0.3 is 5.97 Å². The zero-order valence-electron chi connectivity index (χ0n) is 8.81. The van der Waals surface area contributed by atoms with Gasteiger partial charge in [0.1, 0.15) is 12.4 Å². The van der Waals surface area contributed by atoms with Gasteiger partial charge in [0.05, 0.1) is 5.69 Å². The molecule has 0 saturated carbocycles. The number of nitrogens with zero attached hydrogens (tertiary/aromatic N) is 2.